The molecule has 0 fully saturated rings. The molecule has 0 atom stereocenters. The van der Waals surface area contributed by atoms with Gasteiger partial charge in [-0.25, -0.2) is 4.79 Å². The zero-order valence-electron chi connectivity index (χ0n) is 8.73. The van der Waals surface area contributed by atoms with Crippen molar-refractivity contribution >= 4 is 17.7 Å². The molecule has 1 aliphatic heterocycles. The van der Waals surface area contributed by atoms with Crippen LogP contribution in [0.3, 0.4) is 0 Å². The number of rotatable bonds is 1. The van der Waals surface area contributed by atoms with Crippen LogP contribution in [0.1, 0.15) is 16.1 Å². The zero-order chi connectivity index (χ0) is 11.7. The van der Waals surface area contributed by atoms with Crippen LogP contribution in [0.5, 0.6) is 5.75 Å². The molecule has 1 aromatic heterocycles. The van der Waals surface area contributed by atoms with Crippen molar-refractivity contribution in [1.82, 2.24) is 4.57 Å². The fraction of sp³-hybridized carbons (Fsp3) is 0.400. The van der Waals surface area contributed by atoms with Crippen LogP contribution < -0.4 is 5.56 Å². The van der Waals surface area contributed by atoms with Crippen molar-refractivity contribution in [3.8, 4) is 5.75 Å². The molecule has 0 aromatic carbocycles. The molecule has 0 aliphatic carbocycles. The van der Waals surface area contributed by atoms with Crippen LogP contribution >= 0.6 is 11.8 Å². The standard InChI is InChI=1S/C10H11NO4S/c1-15-10(14)9-6-5-16-3-2-11(6)8(13)4-7(9)12/h4,12H,2-3,5H2,1H3. The quantitative estimate of drug-likeness (QED) is 0.729. The van der Waals surface area contributed by atoms with Gasteiger partial charge in [-0.3, -0.25) is 4.79 Å². The number of hydrogen-bond acceptors (Lipinski definition) is 5. The highest BCUT2D eigenvalue weighted by molar-refractivity contribution is 7.98. The predicted molar refractivity (Wildman–Crippen MR) is 59.9 cm³/mol. The number of esters is 1. The Kier molecular flexibility index (Phi) is 2.91. The van der Waals surface area contributed by atoms with Crippen molar-refractivity contribution in [3.63, 3.8) is 0 Å². The summed E-state index contributed by atoms with van der Waals surface area (Å²) in [4.78, 5) is 23.1. The lowest BCUT2D eigenvalue weighted by atomic mass is 10.1. The Labute approximate surface area is 96.0 Å². The largest absolute Gasteiger partial charge is 0.507 e. The highest BCUT2D eigenvalue weighted by Crippen LogP contribution is 2.26. The van der Waals surface area contributed by atoms with Gasteiger partial charge in [0.1, 0.15) is 11.3 Å². The second-order valence-electron chi connectivity index (χ2n) is 3.39. The first-order chi connectivity index (χ1) is 7.65. The van der Waals surface area contributed by atoms with Gasteiger partial charge in [0.15, 0.2) is 0 Å². The minimum Gasteiger partial charge on any atom is -0.507 e. The second kappa shape index (κ2) is 4.21. The molecule has 0 saturated carbocycles. The van der Waals surface area contributed by atoms with Crippen LogP contribution in [0.25, 0.3) is 0 Å². The molecule has 0 unspecified atom stereocenters. The molecule has 1 N–H and O–H groups in total. The molecule has 2 rings (SSSR count). The number of fused-ring (bicyclic) bond motifs is 1. The zero-order valence-corrected chi connectivity index (χ0v) is 9.54. The Balaban J connectivity index is 2.68. The average molecular weight is 241 g/mol. The van der Waals surface area contributed by atoms with Gasteiger partial charge < -0.3 is 14.4 Å². The monoisotopic (exact) mass is 241 g/mol. The maximum atomic E-state index is 11.6. The Morgan fingerprint density at radius 2 is 2.38 bits per heavy atom. The summed E-state index contributed by atoms with van der Waals surface area (Å²) in [5.74, 6) is 0.459. The third-order valence-corrected chi connectivity index (χ3v) is 3.43. The number of hydrogen-bond donors (Lipinski definition) is 1. The Morgan fingerprint density at radius 1 is 1.62 bits per heavy atom. The molecular formula is C10H11NO4S. The van der Waals surface area contributed by atoms with Crippen LogP contribution in [0, 0.1) is 0 Å². The molecule has 0 spiro atoms. The van der Waals surface area contributed by atoms with Crippen LogP contribution in [-0.4, -0.2) is 28.5 Å². The van der Waals surface area contributed by atoms with Gasteiger partial charge >= 0.3 is 5.97 Å². The van der Waals surface area contributed by atoms with Crippen molar-refractivity contribution in [2.45, 2.75) is 12.3 Å². The lowest BCUT2D eigenvalue weighted by Gasteiger charge is -2.20. The number of nitrogens with zero attached hydrogens (tertiary/aromatic N) is 1. The van der Waals surface area contributed by atoms with Gasteiger partial charge in [0, 0.05) is 29.8 Å². The summed E-state index contributed by atoms with van der Waals surface area (Å²) in [5, 5.41) is 9.63. The average Bonchev–Trinajstić information content (AvgIpc) is 2.28. The van der Waals surface area contributed by atoms with Gasteiger partial charge in [0.05, 0.1) is 7.11 Å². The third-order valence-electron chi connectivity index (χ3n) is 2.48. The van der Waals surface area contributed by atoms with Crippen LogP contribution in [0.15, 0.2) is 10.9 Å². The van der Waals surface area contributed by atoms with E-state index in [4.69, 9.17) is 0 Å². The molecular weight excluding hydrogens is 230 g/mol. The molecule has 0 radical (unpaired) electrons. The number of aromatic nitrogens is 1. The first-order valence-electron chi connectivity index (χ1n) is 4.77. The topological polar surface area (TPSA) is 68.5 Å². The lowest BCUT2D eigenvalue weighted by Crippen LogP contribution is -2.29. The number of pyridine rings is 1. The van der Waals surface area contributed by atoms with E-state index in [0.29, 0.717) is 18.0 Å². The molecule has 6 heteroatoms. The number of thioether (sulfide) groups is 1. The van der Waals surface area contributed by atoms with E-state index >= 15 is 0 Å². The summed E-state index contributed by atoms with van der Waals surface area (Å²) in [7, 11) is 1.25. The first-order valence-corrected chi connectivity index (χ1v) is 5.92. The van der Waals surface area contributed by atoms with E-state index in [1.54, 1.807) is 11.8 Å². The summed E-state index contributed by atoms with van der Waals surface area (Å²) in [6.45, 7) is 0.559. The fourth-order valence-corrected chi connectivity index (χ4v) is 2.68. The highest BCUT2D eigenvalue weighted by Gasteiger charge is 2.23. The molecule has 16 heavy (non-hydrogen) atoms. The van der Waals surface area contributed by atoms with E-state index in [0.717, 1.165) is 11.8 Å². The van der Waals surface area contributed by atoms with Gasteiger partial charge in [0.25, 0.3) is 5.56 Å². The van der Waals surface area contributed by atoms with Gasteiger partial charge in [0.2, 0.25) is 0 Å². The Morgan fingerprint density at radius 3 is 3.06 bits per heavy atom. The van der Waals surface area contributed by atoms with E-state index < -0.39 is 5.97 Å². The summed E-state index contributed by atoms with van der Waals surface area (Å²) >= 11 is 1.62. The number of aromatic hydroxyl groups is 1. The van der Waals surface area contributed by atoms with E-state index in [1.807, 2.05) is 0 Å². The van der Waals surface area contributed by atoms with Crippen LogP contribution in [0.2, 0.25) is 0 Å². The molecule has 5 nitrogen and oxygen atoms in total. The van der Waals surface area contributed by atoms with Crippen LogP contribution in [-0.2, 0) is 17.0 Å². The van der Waals surface area contributed by atoms with Crippen molar-refractivity contribution in [1.29, 1.82) is 0 Å². The fourth-order valence-electron chi connectivity index (χ4n) is 1.73. The van der Waals surface area contributed by atoms with Crippen molar-refractivity contribution < 1.29 is 14.6 Å². The van der Waals surface area contributed by atoms with Gasteiger partial charge in [-0.15, -0.1) is 0 Å². The normalized spacial score (nSPS) is 14.3. The molecule has 0 bridgehead atoms. The summed E-state index contributed by atoms with van der Waals surface area (Å²) in [5.41, 5.74) is 0.378. The Bertz CT molecular complexity index is 494. The smallest absolute Gasteiger partial charge is 0.343 e. The van der Waals surface area contributed by atoms with Crippen molar-refractivity contribution in [2.75, 3.05) is 12.9 Å². The van der Waals surface area contributed by atoms with Gasteiger partial charge in [-0.05, 0) is 0 Å². The highest BCUT2D eigenvalue weighted by atomic mass is 32.2. The second-order valence-corrected chi connectivity index (χ2v) is 4.49. The minimum absolute atomic E-state index is 0.106. The Hall–Kier alpha value is -1.43. The summed E-state index contributed by atoms with van der Waals surface area (Å²) < 4.78 is 6.12. The number of carbonyl (C=O) groups is 1. The van der Waals surface area contributed by atoms with E-state index in [1.165, 1.54) is 11.7 Å². The van der Waals surface area contributed by atoms with Gasteiger partial charge in [-0.2, -0.15) is 11.8 Å². The summed E-state index contributed by atoms with van der Waals surface area (Å²) in [6.07, 6.45) is 0. The lowest BCUT2D eigenvalue weighted by molar-refractivity contribution is 0.0595. The molecule has 2 heterocycles. The maximum absolute atomic E-state index is 11.6. The first kappa shape index (κ1) is 11.1. The minimum atomic E-state index is -0.608. The van der Waals surface area contributed by atoms with Crippen molar-refractivity contribution in [2.24, 2.45) is 0 Å². The molecule has 86 valence electrons. The van der Waals surface area contributed by atoms with E-state index in [2.05, 4.69) is 4.74 Å². The van der Waals surface area contributed by atoms with E-state index in [9.17, 15) is 14.7 Å². The van der Waals surface area contributed by atoms with E-state index in [-0.39, 0.29) is 16.9 Å². The number of ether oxygens (including phenoxy) is 1. The molecule has 1 aliphatic rings. The maximum Gasteiger partial charge on any atom is 0.343 e. The van der Waals surface area contributed by atoms with Crippen molar-refractivity contribution in [3.05, 3.63) is 27.7 Å². The predicted octanol–water partition coefficient (Wildman–Crippen LogP) is 0.587. The molecule has 0 amide bonds. The SMILES string of the molecule is COC(=O)c1c(O)cc(=O)n2c1CSCC2. The summed E-state index contributed by atoms with van der Waals surface area (Å²) in [6, 6.07) is 1.06. The number of carbonyl (C=O) groups excluding carboxylic acids is 1. The van der Waals surface area contributed by atoms with Gasteiger partial charge in [-0.1, -0.05) is 0 Å². The number of methoxy groups -OCH3 is 1. The molecule has 0 saturated heterocycles. The molecule has 1 aromatic rings. The van der Waals surface area contributed by atoms with Crippen LogP contribution in [0.4, 0.5) is 0 Å². The third kappa shape index (κ3) is 1.69.